The van der Waals surface area contributed by atoms with Gasteiger partial charge in [0.1, 0.15) is 23.7 Å². The molecule has 3 N–H and O–H groups in total. The Balaban J connectivity index is 1.67. The van der Waals surface area contributed by atoms with Crippen molar-refractivity contribution in [3.8, 4) is 5.75 Å². The van der Waals surface area contributed by atoms with Gasteiger partial charge in [0.05, 0.1) is 22.8 Å². The van der Waals surface area contributed by atoms with Crippen molar-refractivity contribution in [3.63, 3.8) is 0 Å². The highest BCUT2D eigenvalue weighted by Crippen LogP contribution is 2.34. The summed E-state index contributed by atoms with van der Waals surface area (Å²) in [6.07, 6.45) is 1.44. The molecule has 0 saturated carbocycles. The maximum absolute atomic E-state index is 13.5. The largest absolute Gasteiger partial charge is 0.492 e. The zero-order valence-corrected chi connectivity index (χ0v) is 18.6. The number of hydrogen-bond donors (Lipinski definition) is 3. The molecule has 0 fully saturated rings. The van der Waals surface area contributed by atoms with Crippen molar-refractivity contribution < 1.29 is 9.13 Å². The van der Waals surface area contributed by atoms with Gasteiger partial charge in [0, 0.05) is 22.8 Å². The van der Waals surface area contributed by atoms with Crippen LogP contribution in [0.5, 0.6) is 5.75 Å². The van der Waals surface area contributed by atoms with Crippen LogP contribution < -0.4 is 20.7 Å². The van der Waals surface area contributed by atoms with Crippen molar-refractivity contribution >= 4 is 62.7 Å². The standard InChI is InChI=1S/C23H19ClFN5OS/c1-2-31-21-12-19-16(11-20(21)30-23(32)29-14-6-4-3-5-7-14)22(27-13-26-19)28-15-8-9-18(25)17(24)10-15/h3-13H,2H2,1H3,(H,26,27,28)(H2,29,30,32). The number of nitrogens with one attached hydrogen (secondary N) is 3. The Bertz CT molecular complexity index is 1270. The van der Waals surface area contributed by atoms with Crippen LogP contribution >= 0.6 is 23.8 Å². The van der Waals surface area contributed by atoms with E-state index in [-0.39, 0.29) is 5.02 Å². The van der Waals surface area contributed by atoms with Crippen LogP contribution in [0.4, 0.5) is 27.3 Å². The summed E-state index contributed by atoms with van der Waals surface area (Å²) in [5, 5.41) is 10.6. The van der Waals surface area contributed by atoms with Crippen molar-refractivity contribution in [1.29, 1.82) is 0 Å². The summed E-state index contributed by atoms with van der Waals surface area (Å²) in [5.74, 6) is 0.648. The predicted octanol–water partition coefficient (Wildman–Crippen LogP) is 6.37. The molecule has 0 bridgehead atoms. The molecule has 0 aliphatic carbocycles. The normalized spacial score (nSPS) is 10.6. The maximum atomic E-state index is 13.5. The van der Waals surface area contributed by atoms with Crippen LogP contribution in [0, 0.1) is 5.82 Å². The third-order valence-electron chi connectivity index (χ3n) is 4.50. The smallest absolute Gasteiger partial charge is 0.175 e. The lowest BCUT2D eigenvalue weighted by Crippen LogP contribution is -2.19. The highest BCUT2D eigenvalue weighted by Gasteiger charge is 2.13. The molecule has 1 aromatic heterocycles. The number of hydrogen-bond acceptors (Lipinski definition) is 5. The molecule has 0 aliphatic rings. The molecule has 0 aliphatic heterocycles. The summed E-state index contributed by atoms with van der Waals surface area (Å²) >= 11 is 11.4. The molecule has 0 unspecified atom stereocenters. The monoisotopic (exact) mass is 467 g/mol. The van der Waals surface area contributed by atoms with Gasteiger partial charge in [-0.3, -0.25) is 0 Å². The van der Waals surface area contributed by atoms with Gasteiger partial charge < -0.3 is 20.7 Å². The number of fused-ring (bicyclic) bond motifs is 1. The van der Waals surface area contributed by atoms with Crippen LogP contribution in [0.25, 0.3) is 10.9 Å². The lowest BCUT2D eigenvalue weighted by Gasteiger charge is -2.16. The summed E-state index contributed by atoms with van der Waals surface area (Å²) < 4.78 is 19.3. The second kappa shape index (κ2) is 9.76. The number of benzene rings is 3. The van der Waals surface area contributed by atoms with E-state index in [0.717, 1.165) is 11.1 Å². The first-order chi connectivity index (χ1) is 15.5. The van der Waals surface area contributed by atoms with Gasteiger partial charge in [0.2, 0.25) is 0 Å². The molecule has 1 heterocycles. The third-order valence-corrected chi connectivity index (χ3v) is 4.99. The van der Waals surface area contributed by atoms with Crippen LogP contribution in [0.1, 0.15) is 6.92 Å². The average Bonchev–Trinajstić information content (AvgIpc) is 2.78. The van der Waals surface area contributed by atoms with E-state index in [2.05, 4.69) is 25.9 Å². The number of para-hydroxylation sites is 1. The van der Waals surface area contributed by atoms with Crippen LogP contribution in [-0.4, -0.2) is 21.7 Å². The quantitative estimate of drug-likeness (QED) is 0.284. The fourth-order valence-electron chi connectivity index (χ4n) is 3.07. The molecule has 32 heavy (non-hydrogen) atoms. The van der Waals surface area contributed by atoms with Gasteiger partial charge >= 0.3 is 0 Å². The van der Waals surface area contributed by atoms with Crippen LogP contribution in [0.15, 0.2) is 67.0 Å². The lowest BCUT2D eigenvalue weighted by molar-refractivity contribution is 0.342. The van der Waals surface area contributed by atoms with E-state index in [4.69, 9.17) is 28.6 Å². The van der Waals surface area contributed by atoms with E-state index in [1.807, 2.05) is 49.4 Å². The van der Waals surface area contributed by atoms with Gasteiger partial charge in [0.25, 0.3) is 0 Å². The van der Waals surface area contributed by atoms with E-state index < -0.39 is 5.82 Å². The molecule has 3 aromatic carbocycles. The van der Waals surface area contributed by atoms with E-state index in [1.54, 1.807) is 6.07 Å². The van der Waals surface area contributed by atoms with Crippen LogP contribution in [0.3, 0.4) is 0 Å². The minimum Gasteiger partial charge on any atom is -0.492 e. The molecule has 9 heteroatoms. The molecule has 4 rings (SSSR count). The zero-order chi connectivity index (χ0) is 22.5. The van der Waals surface area contributed by atoms with Gasteiger partial charge in [0.15, 0.2) is 5.11 Å². The molecule has 0 amide bonds. The highest BCUT2D eigenvalue weighted by molar-refractivity contribution is 7.80. The highest BCUT2D eigenvalue weighted by atomic mass is 35.5. The summed E-state index contributed by atoms with van der Waals surface area (Å²) in [5.41, 5.74) is 2.79. The molecular formula is C23H19ClFN5OS. The van der Waals surface area contributed by atoms with Crippen molar-refractivity contribution in [2.45, 2.75) is 6.92 Å². The zero-order valence-electron chi connectivity index (χ0n) is 17.0. The van der Waals surface area contributed by atoms with E-state index >= 15 is 0 Å². The SMILES string of the molecule is CCOc1cc2ncnc(Nc3ccc(F)c(Cl)c3)c2cc1NC(=S)Nc1ccccc1. The number of halogens is 2. The number of aromatic nitrogens is 2. The molecule has 0 atom stereocenters. The van der Waals surface area contributed by atoms with Crippen molar-refractivity contribution in [2.24, 2.45) is 0 Å². The van der Waals surface area contributed by atoms with Crippen LogP contribution in [0.2, 0.25) is 5.02 Å². The second-order valence-electron chi connectivity index (χ2n) is 6.72. The Morgan fingerprint density at radius 1 is 1.03 bits per heavy atom. The molecule has 0 spiro atoms. The van der Waals surface area contributed by atoms with Gasteiger partial charge in [-0.1, -0.05) is 29.8 Å². The topological polar surface area (TPSA) is 71.1 Å². The molecule has 0 saturated heterocycles. The average molecular weight is 468 g/mol. The summed E-state index contributed by atoms with van der Waals surface area (Å²) in [7, 11) is 0. The Kier molecular flexibility index (Phi) is 6.63. The summed E-state index contributed by atoms with van der Waals surface area (Å²) in [6.45, 7) is 2.38. The minimum atomic E-state index is -0.489. The molecular weight excluding hydrogens is 449 g/mol. The van der Waals surface area contributed by atoms with Crippen molar-refractivity contribution in [2.75, 3.05) is 22.6 Å². The fraction of sp³-hybridized carbons (Fsp3) is 0.0870. The number of rotatable bonds is 6. The van der Waals surface area contributed by atoms with Gasteiger partial charge in [-0.15, -0.1) is 0 Å². The second-order valence-corrected chi connectivity index (χ2v) is 7.54. The first-order valence-electron chi connectivity index (χ1n) is 9.80. The predicted molar refractivity (Wildman–Crippen MR) is 132 cm³/mol. The lowest BCUT2D eigenvalue weighted by atomic mass is 10.2. The van der Waals surface area contributed by atoms with Gasteiger partial charge in [-0.05, 0) is 55.5 Å². The Labute approximate surface area is 194 Å². The van der Waals surface area contributed by atoms with Crippen molar-refractivity contribution in [3.05, 3.63) is 77.8 Å². The first kappa shape index (κ1) is 21.7. The van der Waals surface area contributed by atoms with E-state index in [9.17, 15) is 4.39 Å². The number of thiocarbonyl (C=S) groups is 1. The molecule has 0 radical (unpaired) electrons. The maximum Gasteiger partial charge on any atom is 0.175 e. The Morgan fingerprint density at radius 2 is 1.84 bits per heavy atom. The number of ether oxygens (including phenoxy) is 1. The number of anilines is 4. The Hall–Kier alpha value is -3.49. The minimum absolute atomic E-state index is 0.0201. The van der Waals surface area contributed by atoms with E-state index in [1.165, 1.54) is 18.5 Å². The molecule has 162 valence electrons. The summed E-state index contributed by atoms with van der Waals surface area (Å²) in [4.78, 5) is 8.69. The van der Waals surface area contributed by atoms with Crippen molar-refractivity contribution in [1.82, 2.24) is 9.97 Å². The third kappa shape index (κ3) is 5.04. The number of nitrogens with zero attached hydrogens (tertiary/aromatic N) is 2. The Morgan fingerprint density at radius 3 is 2.59 bits per heavy atom. The summed E-state index contributed by atoms with van der Waals surface area (Å²) in [6, 6.07) is 17.7. The first-order valence-corrected chi connectivity index (χ1v) is 10.6. The molecule has 6 nitrogen and oxygen atoms in total. The van der Waals surface area contributed by atoms with Gasteiger partial charge in [-0.25, -0.2) is 14.4 Å². The van der Waals surface area contributed by atoms with Gasteiger partial charge in [-0.2, -0.15) is 0 Å². The molecule has 4 aromatic rings. The fourth-order valence-corrected chi connectivity index (χ4v) is 3.48. The van der Waals surface area contributed by atoms with E-state index in [0.29, 0.717) is 40.2 Å². The van der Waals surface area contributed by atoms with Crippen LogP contribution in [-0.2, 0) is 0 Å².